The summed E-state index contributed by atoms with van der Waals surface area (Å²) in [6.07, 6.45) is 5.15. The van der Waals surface area contributed by atoms with E-state index in [-0.39, 0.29) is 5.60 Å². The first kappa shape index (κ1) is 13.5. The first-order valence-electron chi connectivity index (χ1n) is 5.90. The molecule has 0 aromatic carbocycles. The highest BCUT2D eigenvalue weighted by molar-refractivity contribution is 14.1. The van der Waals surface area contributed by atoms with Gasteiger partial charge in [-0.3, -0.25) is 0 Å². The quantitative estimate of drug-likeness (QED) is 0.602. The lowest BCUT2D eigenvalue weighted by atomic mass is 9.79. The molecule has 0 aliphatic heterocycles. The van der Waals surface area contributed by atoms with E-state index in [4.69, 9.17) is 16.3 Å². The topological polar surface area (TPSA) is 35.0 Å². The molecule has 1 aromatic heterocycles. The molecule has 1 aliphatic rings. The van der Waals surface area contributed by atoms with Gasteiger partial charge >= 0.3 is 0 Å². The summed E-state index contributed by atoms with van der Waals surface area (Å²) in [7, 11) is 1.73. The van der Waals surface area contributed by atoms with Gasteiger partial charge in [-0.05, 0) is 48.3 Å². The molecule has 17 heavy (non-hydrogen) atoms. The molecular formula is C12H16ClIN2O. The summed E-state index contributed by atoms with van der Waals surface area (Å²) in [5.41, 5.74) is 0.766. The van der Waals surface area contributed by atoms with Crippen molar-refractivity contribution in [1.82, 2.24) is 9.97 Å². The van der Waals surface area contributed by atoms with E-state index in [2.05, 4.69) is 39.5 Å². The molecule has 1 aliphatic carbocycles. The number of methoxy groups -OCH3 is 1. The lowest BCUT2D eigenvalue weighted by Crippen LogP contribution is -2.38. The maximum atomic E-state index is 6.18. The van der Waals surface area contributed by atoms with Gasteiger partial charge in [0.15, 0.2) is 5.82 Å². The second-order valence-corrected chi connectivity index (χ2v) is 5.84. The first-order valence-corrected chi connectivity index (χ1v) is 7.36. The van der Waals surface area contributed by atoms with Gasteiger partial charge < -0.3 is 4.74 Å². The van der Waals surface area contributed by atoms with Gasteiger partial charge in [0.1, 0.15) is 10.8 Å². The van der Waals surface area contributed by atoms with Crippen LogP contribution in [0.15, 0.2) is 0 Å². The maximum absolute atomic E-state index is 6.18. The van der Waals surface area contributed by atoms with Gasteiger partial charge in [0.25, 0.3) is 0 Å². The van der Waals surface area contributed by atoms with Crippen LogP contribution in [0.25, 0.3) is 0 Å². The third kappa shape index (κ3) is 2.44. The van der Waals surface area contributed by atoms with E-state index >= 15 is 0 Å². The Morgan fingerprint density at radius 1 is 1.41 bits per heavy atom. The van der Waals surface area contributed by atoms with Crippen LogP contribution in [0.3, 0.4) is 0 Å². The van der Waals surface area contributed by atoms with Gasteiger partial charge in [0.2, 0.25) is 0 Å². The number of aromatic nitrogens is 2. The summed E-state index contributed by atoms with van der Waals surface area (Å²) in [5, 5.41) is 0.558. The van der Waals surface area contributed by atoms with Gasteiger partial charge in [-0.2, -0.15) is 0 Å². The predicted octanol–water partition coefficient (Wildman–Crippen LogP) is 3.71. The summed E-state index contributed by atoms with van der Waals surface area (Å²) < 4.78 is 6.57. The van der Waals surface area contributed by atoms with Crippen LogP contribution in [-0.2, 0) is 16.8 Å². The second-order valence-electron chi connectivity index (χ2n) is 4.40. The summed E-state index contributed by atoms with van der Waals surface area (Å²) in [6.45, 7) is 2.14. The number of ether oxygens (including phenoxy) is 1. The van der Waals surface area contributed by atoms with Crippen molar-refractivity contribution in [3.63, 3.8) is 0 Å². The molecule has 0 N–H and O–H groups in total. The van der Waals surface area contributed by atoms with Crippen molar-refractivity contribution in [1.29, 1.82) is 0 Å². The van der Waals surface area contributed by atoms with Crippen molar-refractivity contribution in [3.8, 4) is 0 Å². The molecule has 0 atom stereocenters. The van der Waals surface area contributed by atoms with Crippen LogP contribution in [0.4, 0.5) is 0 Å². The van der Waals surface area contributed by atoms with E-state index in [1.165, 1.54) is 6.42 Å². The molecule has 3 nitrogen and oxygen atoms in total. The average Bonchev–Trinajstić information content (AvgIpc) is 2.24. The van der Waals surface area contributed by atoms with E-state index in [1.54, 1.807) is 7.11 Å². The van der Waals surface area contributed by atoms with Crippen LogP contribution in [0.2, 0.25) is 5.15 Å². The van der Waals surface area contributed by atoms with E-state index in [1.807, 2.05) is 0 Å². The Hall–Kier alpha value is 0.0600. The van der Waals surface area contributed by atoms with Crippen molar-refractivity contribution in [3.05, 3.63) is 20.2 Å². The van der Waals surface area contributed by atoms with Gasteiger partial charge in [0.05, 0.1) is 9.26 Å². The Labute approximate surface area is 120 Å². The molecular weight excluding hydrogens is 351 g/mol. The van der Waals surface area contributed by atoms with Gasteiger partial charge in [-0.1, -0.05) is 24.9 Å². The van der Waals surface area contributed by atoms with Crippen LogP contribution < -0.4 is 0 Å². The number of hydrogen-bond acceptors (Lipinski definition) is 3. The molecule has 1 saturated carbocycles. The van der Waals surface area contributed by atoms with Crippen LogP contribution in [0.5, 0.6) is 0 Å². The molecule has 5 heteroatoms. The van der Waals surface area contributed by atoms with Gasteiger partial charge in [0, 0.05) is 7.11 Å². The van der Waals surface area contributed by atoms with Gasteiger partial charge in [-0.25, -0.2) is 9.97 Å². The van der Waals surface area contributed by atoms with Crippen LogP contribution in [-0.4, -0.2) is 17.1 Å². The van der Waals surface area contributed by atoms with Crippen molar-refractivity contribution in [2.75, 3.05) is 7.11 Å². The summed E-state index contributed by atoms with van der Waals surface area (Å²) in [4.78, 5) is 9.06. The molecule has 0 unspecified atom stereocenters. The standard InChI is InChI=1S/C12H16ClIN2O/c1-3-5-8-9(14)10(13)16-11(15-8)12(17-2)6-4-7-12/h3-7H2,1-2H3. The highest BCUT2D eigenvalue weighted by Crippen LogP contribution is 2.43. The Morgan fingerprint density at radius 3 is 2.59 bits per heavy atom. The van der Waals surface area contributed by atoms with Crippen molar-refractivity contribution < 1.29 is 4.74 Å². The minimum Gasteiger partial charge on any atom is -0.370 e. The fourth-order valence-corrected chi connectivity index (χ4v) is 2.79. The summed E-state index contributed by atoms with van der Waals surface area (Å²) in [5.74, 6) is 0.764. The Balaban J connectivity index is 2.41. The molecule has 1 aromatic rings. The Morgan fingerprint density at radius 2 is 2.12 bits per heavy atom. The minimum atomic E-state index is -0.281. The molecule has 1 heterocycles. The first-order chi connectivity index (χ1) is 8.13. The number of rotatable bonds is 4. The molecule has 0 bridgehead atoms. The smallest absolute Gasteiger partial charge is 0.162 e. The van der Waals surface area contributed by atoms with Crippen LogP contribution >= 0.6 is 34.2 Å². The normalized spacial score (nSPS) is 17.9. The van der Waals surface area contributed by atoms with Crippen molar-refractivity contribution in [2.45, 2.75) is 44.6 Å². The molecule has 0 saturated heterocycles. The van der Waals surface area contributed by atoms with E-state index in [0.29, 0.717) is 5.15 Å². The Bertz CT molecular complexity index is 416. The second kappa shape index (κ2) is 5.36. The zero-order valence-electron chi connectivity index (χ0n) is 10.1. The van der Waals surface area contributed by atoms with Crippen LogP contribution in [0, 0.1) is 3.57 Å². The molecule has 0 amide bonds. The number of aryl methyl sites for hydroxylation is 1. The highest BCUT2D eigenvalue weighted by Gasteiger charge is 2.42. The molecule has 0 radical (unpaired) electrons. The lowest BCUT2D eigenvalue weighted by molar-refractivity contribution is -0.0848. The SMILES string of the molecule is CCCc1nc(C2(OC)CCC2)nc(Cl)c1I. The summed E-state index contributed by atoms with van der Waals surface area (Å²) >= 11 is 8.40. The lowest BCUT2D eigenvalue weighted by Gasteiger charge is -2.39. The van der Waals surface area contributed by atoms with E-state index in [0.717, 1.165) is 40.8 Å². The molecule has 94 valence electrons. The zero-order chi connectivity index (χ0) is 12.5. The zero-order valence-corrected chi connectivity index (χ0v) is 13.0. The fourth-order valence-electron chi connectivity index (χ4n) is 2.09. The number of hydrogen-bond donors (Lipinski definition) is 0. The fraction of sp³-hybridized carbons (Fsp3) is 0.667. The van der Waals surface area contributed by atoms with Crippen LogP contribution in [0.1, 0.15) is 44.1 Å². The molecule has 1 fully saturated rings. The summed E-state index contributed by atoms with van der Waals surface area (Å²) in [6, 6.07) is 0. The van der Waals surface area contributed by atoms with Gasteiger partial charge in [-0.15, -0.1) is 0 Å². The van der Waals surface area contributed by atoms with E-state index in [9.17, 15) is 0 Å². The third-order valence-electron chi connectivity index (χ3n) is 3.33. The highest BCUT2D eigenvalue weighted by atomic mass is 127. The average molecular weight is 367 g/mol. The monoisotopic (exact) mass is 366 g/mol. The van der Waals surface area contributed by atoms with Crippen molar-refractivity contribution >= 4 is 34.2 Å². The number of halogens is 2. The largest absolute Gasteiger partial charge is 0.370 e. The maximum Gasteiger partial charge on any atom is 0.162 e. The predicted molar refractivity (Wildman–Crippen MR) is 76.3 cm³/mol. The van der Waals surface area contributed by atoms with E-state index < -0.39 is 0 Å². The third-order valence-corrected chi connectivity index (χ3v) is 5.05. The number of nitrogens with zero attached hydrogens (tertiary/aromatic N) is 2. The molecule has 2 rings (SSSR count). The molecule has 0 spiro atoms. The minimum absolute atomic E-state index is 0.281. The van der Waals surface area contributed by atoms with Crippen molar-refractivity contribution in [2.24, 2.45) is 0 Å². The Kier molecular flexibility index (Phi) is 4.26.